The number of rotatable bonds is 4. The van der Waals surface area contributed by atoms with Crippen LogP contribution in [-0.2, 0) is 10.8 Å². The second-order valence-electron chi connectivity index (χ2n) is 11.1. The molecule has 0 bridgehead atoms. The quantitative estimate of drug-likeness (QED) is 0.295. The van der Waals surface area contributed by atoms with Gasteiger partial charge in [0.1, 0.15) is 0 Å². The molecule has 1 fully saturated rings. The molecule has 1 saturated carbocycles. The molecule has 0 aromatic heterocycles. The summed E-state index contributed by atoms with van der Waals surface area (Å²) in [6.45, 7) is 10.0. The minimum atomic E-state index is -0.285. The highest BCUT2D eigenvalue weighted by molar-refractivity contribution is 5.58. The molecule has 0 N–H and O–H groups in total. The summed E-state index contributed by atoms with van der Waals surface area (Å²) in [5, 5.41) is 0. The highest BCUT2D eigenvalue weighted by atomic mass is 14.7. The van der Waals surface area contributed by atoms with Crippen LogP contribution in [0.2, 0.25) is 0 Å². The van der Waals surface area contributed by atoms with E-state index in [0.717, 1.165) is 12.8 Å². The molecule has 0 unspecified atom stereocenters. The Morgan fingerprint density at radius 2 is 0.735 bits per heavy atom. The average molecular weight is 445 g/mol. The van der Waals surface area contributed by atoms with E-state index < -0.39 is 0 Å². The maximum atomic E-state index is 2.52. The standard InChI is InChI=1S/C34H36/c1-31(2)25-26-33(27-17-9-5-10-18-27,28-19-11-6-12-20-28)34(32(31,3)4,29-21-13-7-14-22-29)30-23-15-8-16-24-30/h5-24H,25-26H2,1-4H3. The first kappa shape index (κ1) is 22.7. The lowest BCUT2D eigenvalue weighted by Gasteiger charge is -2.68. The van der Waals surface area contributed by atoms with Crippen molar-refractivity contribution >= 4 is 0 Å². The van der Waals surface area contributed by atoms with Crippen LogP contribution in [0.4, 0.5) is 0 Å². The SMILES string of the molecule is CC1(C)CCC(c2ccccc2)(c2ccccc2)C(c2ccccc2)(c2ccccc2)C1(C)C. The molecule has 0 heterocycles. The van der Waals surface area contributed by atoms with Crippen LogP contribution in [0.15, 0.2) is 121 Å². The molecule has 1 aliphatic carbocycles. The lowest BCUT2D eigenvalue weighted by Crippen LogP contribution is -2.66. The van der Waals surface area contributed by atoms with Gasteiger partial charge < -0.3 is 0 Å². The smallest absolute Gasteiger partial charge is 0.0395 e. The topological polar surface area (TPSA) is 0 Å². The van der Waals surface area contributed by atoms with Gasteiger partial charge in [-0.3, -0.25) is 0 Å². The Bertz CT molecular complexity index is 1140. The van der Waals surface area contributed by atoms with Crippen LogP contribution in [0, 0.1) is 10.8 Å². The van der Waals surface area contributed by atoms with E-state index in [1.54, 1.807) is 0 Å². The van der Waals surface area contributed by atoms with Gasteiger partial charge in [-0.05, 0) is 45.9 Å². The Morgan fingerprint density at radius 1 is 0.412 bits per heavy atom. The fourth-order valence-electron chi connectivity index (χ4n) is 7.13. The first-order valence-corrected chi connectivity index (χ1v) is 12.6. The summed E-state index contributed by atoms with van der Waals surface area (Å²) in [5.41, 5.74) is 5.15. The summed E-state index contributed by atoms with van der Waals surface area (Å²) in [6.07, 6.45) is 2.24. The van der Waals surface area contributed by atoms with E-state index in [0.29, 0.717) is 0 Å². The van der Waals surface area contributed by atoms with Gasteiger partial charge in [-0.1, -0.05) is 149 Å². The third kappa shape index (κ3) is 2.97. The summed E-state index contributed by atoms with van der Waals surface area (Å²) < 4.78 is 0. The third-order valence-corrected chi connectivity index (χ3v) is 9.34. The van der Waals surface area contributed by atoms with E-state index in [-0.39, 0.29) is 21.7 Å². The molecular formula is C34H36. The van der Waals surface area contributed by atoms with Crippen molar-refractivity contribution in [2.75, 3.05) is 0 Å². The van der Waals surface area contributed by atoms with Crippen molar-refractivity contribution in [3.63, 3.8) is 0 Å². The van der Waals surface area contributed by atoms with Gasteiger partial charge in [-0.2, -0.15) is 0 Å². The molecule has 172 valence electrons. The molecule has 0 radical (unpaired) electrons. The van der Waals surface area contributed by atoms with Gasteiger partial charge in [-0.25, -0.2) is 0 Å². The van der Waals surface area contributed by atoms with E-state index in [1.807, 2.05) is 0 Å². The van der Waals surface area contributed by atoms with Gasteiger partial charge in [-0.15, -0.1) is 0 Å². The molecule has 0 heteroatoms. The molecule has 4 aromatic carbocycles. The minimum absolute atomic E-state index is 0.0629. The second-order valence-corrected chi connectivity index (χ2v) is 11.1. The summed E-state index contributed by atoms with van der Waals surface area (Å²) in [7, 11) is 0. The first-order chi connectivity index (χ1) is 16.4. The molecular weight excluding hydrogens is 408 g/mol. The average Bonchev–Trinajstić information content (AvgIpc) is 2.88. The van der Waals surface area contributed by atoms with Gasteiger partial charge >= 0.3 is 0 Å². The first-order valence-electron chi connectivity index (χ1n) is 12.6. The fourth-order valence-corrected chi connectivity index (χ4v) is 7.13. The van der Waals surface area contributed by atoms with Crippen molar-refractivity contribution in [3.05, 3.63) is 144 Å². The third-order valence-electron chi connectivity index (χ3n) is 9.34. The van der Waals surface area contributed by atoms with Crippen molar-refractivity contribution in [2.45, 2.75) is 51.4 Å². The number of hydrogen-bond acceptors (Lipinski definition) is 0. The van der Waals surface area contributed by atoms with Crippen molar-refractivity contribution in [1.82, 2.24) is 0 Å². The molecule has 0 nitrogen and oxygen atoms in total. The molecule has 0 saturated heterocycles. The van der Waals surface area contributed by atoms with E-state index in [1.165, 1.54) is 22.3 Å². The normalized spacial score (nSPS) is 19.9. The Morgan fingerprint density at radius 3 is 1.09 bits per heavy atom. The second kappa shape index (κ2) is 8.27. The fraction of sp³-hybridized carbons (Fsp3) is 0.294. The Hall–Kier alpha value is -3.12. The summed E-state index contributed by atoms with van der Waals surface area (Å²) in [5.74, 6) is 0. The summed E-state index contributed by atoms with van der Waals surface area (Å²) >= 11 is 0. The summed E-state index contributed by atoms with van der Waals surface area (Å²) in [4.78, 5) is 0. The molecule has 34 heavy (non-hydrogen) atoms. The number of hydrogen-bond donors (Lipinski definition) is 0. The largest absolute Gasteiger partial charge is 0.0622 e. The molecule has 5 rings (SSSR count). The van der Waals surface area contributed by atoms with Gasteiger partial charge in [0.2, 0.25) is 0 Å². The monoisotopic (exact) mass is 444 g/mol. The molecule has 0 spiro atoms. The van der Waals surface area contributed by atoms with Crippen LogP contribution < -0.4 is 0 Å². The van der Waals surface area contributed by atoms with Crippen LogP contribution in [0.5, 0.6) is 0 Å². The van der Waals surface area contributed by atoms with Gasteiger partial charge in [0.05, 0.1) is 0 Å². The van der Waals surface area contributed by atoms with Crippen LogP contribution >= 0.6 is 0 Å². The lowest BCUT2D eigenvalue weighted by molar-refractivity contribution is -0.0566. The predicted octanol–water partition coefficient (Wildman–Crippen LogP) is 8.81. The van der Waals surface area contributed by atoms with Crippen molar-refractivity contribution in [3.8, 4) is 0 Å². The molecule has 4 aromatic rings. The number of benzene rings is 4. The van der Waals surface area contributed by atoms with E-state index in [9.17, 15) is 0 Å². The van der Waals surface area contributed by atoms with E-state index in [2.05, 4.69) is 149 Å². The van der Waals surface area contributed by atoms with Crippen LogP contribution in [-0.4, -0.2) is 0 Å². The molecule has 0 amide bonds. The van der Waals surface area contributed by atoms with Crippen LogP contribution in [0.25, 0.3) is 0 Å². The molecule has 0 atom stereocenters. The van der Waals surface area contributed by atoms with Crippen LogP contribution in [0.1, 0.15) is 62.8 Å². The minimum Gasteiger partial charge on any atom is -0.0622 e. The predicted molar refractivity (Wildman–Crippen MR) is 144 cm³/mol. The highest BCUT2D eigenvalue weighted by Crippen LogP contribution is 2.71. The van der Waals surface area contributed by atoms with Gasteiger partial charge in [0, 0.05) is 10.8 Å². The molecule has 0 aliphatic heterocycles. The Kier molecular flexibility index (Phi) is 5.52. The highest BCUT2D eigenvalue weighted by Gasteiger charge is 2.68. The lowest BCUT2D eigenvalue weighted by atomic mass is 9.34. The maximum absolute atomic E-state index is 2.52. The zero-order valence-electron chi connectivity index (χ0n) is 21.0. The zero-order chi connectivity index (χ0) is 23.9. The van der Waals surface area contributed by atoms with E-state index >= 15 is 0 Å². The van der Waals surface area contributed by atoms with Crippen LogP contribution in [0.3, 0.4) is 0 Å². The van der Waals surface area contributed by atoms with Crippen molar-refractivity contribution in [2.24, 2.45) is 10.8 Å². The maximum Gasteiger partial charge on any atom is 0.0395 e. The Labute approximate surface area is 205 Å². The van der Waals surface area contributed by atoms with E-state index in [4.69, 9.17) is 0 Å². The van der Waals surface area contributed by atoms with Crippen molar-refractivity contribution in [1.29, 1.82) is 0 Å². The summed E-state index contributed by atoms with van der Waals surface area (Å²) in [6, 6.07) is 45.3. The van der Waals surface area contributed by atoms with Gasteiger partial charge in [0.25, 0.3) is 0 Å². The Balaban J connectivity index is 2.04. The van der Waals surface area contributed by atoms with Gasteiger partial charge in [0.15, 0.2) is 0 Å². The molecule has 1 aliphatic rings. The zero-order valence-corrected chi connectivity index (χ0v) is 21.0. The van der Waals surface area contributed by atoms with Crippen molar-refractivity contribution < 1.29 is 0 Å².